The van der Waals surface area contributed by atoms with Gasteiger partial charge in [-0.1, -0.05) is 85.8 Å². The van der Waals surface area contributed by atoms with E-state index in [0.717, 1.165) is 29.4 Å². The third-order valence-electron chi connectivity index (χ3n) is 3.81. The van der Waals surface area contributed by atoms with Crippen LogP contribution in [0.2, 0.25) is 10.0 Å². The maximum absolute atomic E-state index is 12.5. The van der Waals surface area contributed by atoms with Gasteiger partial charge < -0.3 is 4.74 Å². The van der Waals surface area contributed by atoms with Gasteiger partial charge in [0.2, 0.25) is 5.13 Å². The number of thioether (sulfide) groups is 1. The fourth-order valence-corrected chi connectivity index (χ4v) is 4.65. The molecule has 154 valence electrons. The van der Waals surface area contributed by atoms with Crippen molar-refractivity contribution in [3.05, 3.63) is 27.7 Å². The molecule has 0 aliphatic rings. The summed E-state index contributed by atoms with van der Waals surface area (Å²) in [5.74, 6) is 1.05. The lowest BCUT2D eigenvalue weighted by Gasteiger charge is -2.11. The van der Waals surface area contributed by atoms with E-state index in [9.17, 15) is 4.79 Å². The number of carbonyl (C=O) groups excluding carboxylic acids is 1. The van der Waals surface area contributed by atoms with Crippen molar-refractivity contribution in [2.75, 3.05) is 17.7 Å². The van der Waals surface area contributed by atoms with Gasteiger partial charge in [0.15, 0.2) is 10.1 Å². The Kier molecular flexibility index (Phi) is 10.4. The van der Waals surface area contributed by atoms with Crippen molar-refractivity contribution >= 4 is 57.3 Å². The van der Waals surface area contributed by atoms with Crippen LogP contribution in [-0.4, -0.2) is 28.5 Å². The van der Waals surface area contributed by atoms with Crippen LogP contribution in [0.3, 0.4) is 0 Å². The number of aromatic nitrogens is 2. The monoisotopic (exact) mass is 461 g/mol. The highest BCUT2D eigenvalue weighted by atomic mass is 35.5. The second-order valence-corrected chi connectivity index (χ2v) is 9.34. The molecular weight excluding hydrogens is 437 g/mol. The maximum atomic E-state index is 12.5. The van der Waals surface area contributed by atoms with E-state index in [1.165, 1.54) is 30.6 Å². The Morgan fingerprint density at radius 3 is 2.50 bits per heavy atom. The summed E-state index contributed by atoms with van der Waals surface area (Å²) in [4.78, 5) is 12.5. The first kappa shape index (κ1) is 23.3. The summed E-state index contributed by atoms with van der Waals surface area (Å²) in [6, 6.07) is 3.12. The van der Waals surface area contributed by atoms with Gasteiger partial charge in [-0.3, -0.25) is 10.1 Å². The first-order valence-electron chi connectivity index (χ1n) is 9.44. The molecule has 0 aliphatic heterocycles. The quantitative estimate of drug-likeness (QED) is 0.210. The Hall–Kier alpha value is -1.02. The molecule has 5 nitrogen and oxygen atoms in total. The minimum absolute atomic E-state index is 0.322. The minimum atomic E-state index is -0.335. The van der Waals surface area contributed by atoms with E-state index >= 15 is 0 Å². The van der Waals surface area contributed by atoms with E-state index < -0.39 is 0 Å². The fourth-order valence-electron chi connectivity index (χ4n) is 2.39. The molecule has 0 atom stereocenters. The average Bonchev–Trinajstić information content (AvgIpc) is 3.11. The van der Waals surface area contributed by atoms with Gasteiger partial charge in [0.1, 0.15) is 0 Å². The number of halogens is 2. The van der Waals surface area contributed by atoms with Crippen LogP contribution in [-0.2, 0) is 0 Å². The average molecular weight is 462 g/mol. The zero-order valence-electron chi connectivity index (χ0n) is 16.1. The third-order valence-corrected chi connectivity index (χ3v) is 6.55. The largest absolute Gasteiger partial charge is 0.490 e. The molecule has 1 aromatic heterocycles. The van der Waals surface area contributed by atoms with Crippen molar-refractivity contribution in [1.29, 1.82) is 0 Å². The SMILES string of the molecule is CCCCCCCOc1c(Cl)cc(C(=O)Nc2nnc(SCCC)s2)cc1Cl. The molecule has 0 unspecified atom stereocenters. The number of ether oxygens (including phenoxy) is 1. The molecule has 0 bridgehead atoms. The summed E-state index contributed by atoms with van der Waals surface area (Å²) < 4.78 is 6.55. The Morgan fingerprint density at radius 1 is 1.11 bits per heavy atom. The van der Waals surface area contributed by atoms with Crippen molar-refractivity contribution in [3.63, 3.8) is 0 Å². The van der Waals surface area contributed by atoms with Gasteiger partial charge in [0.05, 0.1) is 16.7 Å². The van der Waals surface area contributed by atoms with Crippen molar-refractivity contribution in [1.82, 2.24) is 10.2 Å². The summed E-state index contributed by atoms with van der Waals surface area (Å²) in [6.45, 7) is 4.84. The van der Waals surface area contributed by atoms with Crippen molar-refractivity contribution in [2.24, 2.45) is 0 Å². The number of benzene rings is 1. The zero-order valence-corrected chi connectivity index (χ0v) is 19.2. The van der Waals surface area contributed by atoms with E-state index in [0.29, 0.717) is 33.1 Å². The van der Waals surface area contributed by atoms with Crippen LogP contribution in [0.1, 0.15) is 62.7 Å². The van der Waals surface area contributed by atoms with Crippen molar-refractivity contribution < 1.29 is 9.53 Å². The number of amides is 1. The number of nitrogens with one attached hydrogen (secondary N) is 1. The van der Waals surface area contributed by atoms with Crippen LogP contribution in [0.15, 0.2) is 16.5 Å². The van der Waals surface area contributed by atoms with E-state index in [1.54, 1.807) is 23.9 Å². The maximum Gasteiger partial charge on any atom is 0.257 e. The van der Waals surface area contributed by atoms with Gasteiger partial charge in [-0.05, 0) is 25.0 Å². The topological polar surface area (TPSA) is 64.1 Å². The summed E-state index contributed by atoms with van der Waals surface area (Å²) in [6.07, 6.45) is 6.76. The lowest BCUT2D eigenvalue weighted by atomic mass is 10.2. The van der Waals surface area contributed by atoms with Crippen LogP contribution >= 0.6 is 46.3 Å². The normalized spacial score (nSPS) is 10.9. The lowest BCUT2D eigenvalue weighted by Crippen LogP contribution is -2.12. The fraction of sp³-hybridized carbons (Fsp3) is 0.526. The Bertz CT molecular complexity index is 748. The van der Waals surface area contributed by atoms with Gasteiger partial charge in [0, 0.05) is 11.3 Å². The molecule has 0 radical (unpaired) electrons. The summed E-state index contributed by atoms with van der Waals surface area (Å²) in [5.41, 5.74) is 0.350. The van der Waals surface area contributed by atoms with Crippen LogP contribution < -0.4 is 10.1 Å². The van der Waals surface area contributed by atoms with E-state index in [2.05, 4.69) is 29.4 Å². The van der Waals surface area contributed by atoms with Crippen LogP contribution in [0.4, 0.5) is 5.13 Å². The van der Waals surface area contributed by atoms with E-state index in [1.807, 2.05) is 0 Å². The first-order valence-corrected chi connectivity index (χ1v) is 12.0. The predicted molar refractivity (Wildman–Crippen MR) is 120 cm³/mol. The van der Waals surface area contributed by atoms with E-state index in [4.69, 9.17) is 27.9 Å². The highest BCUT2D eigenvalue weighted by Gasteiger charge is 2.16. The molecular formula is C19H25Cl2N3O2S2. The van der Waals surface area contributed by atoms with Crippen molar-refractivity contribution in [3.8, 4) is 5.75 Å². The molecule has 0 saturated heterocycles. The summed E-state index contributed by atoms with van der Waals surface area (Å²) >= 11 is 15.5. The highest BCUT2D eigenvalue weighted by molar-refractivity contribution is 8.01. The first-order chi connectivity index (χ1) is 13.5. The van der Waals surface area contributed by atoms with Crippen LogP contribution in [0.5, 0.6) is 5.75 Å². The molecule has 0 saturated carbocycles. The number of hydrogen-bond donors (Lipinski definition) is 1. The summed E-state index contributed by atoms with van der Waals surface area (Å²) in [5, 5.41) is 11.9. The van der Waals surface area contributed by atoms with Gasteiger partial charge >= 0.3 is 0 Å². The molecule has 9 heteroatoms. The molecule has 28 heavy (non-hydrogen) atoms. The van der Waals surface area contributed by atoms with Gasteiger partial charge in [-0.25, -0.2) is 0 Å². The molecule has 0 aliphatic carbocycles. The lowest BCUT2D eigenvalue weighted by molar-refractivity contribution is 0.102. The second kappa shape index (κ2) is 12.5. The molecule has 1 N–H and O–H groups in total. The van der Waals surface area contributed by atoms with E-state index in [-0.39, 0.29) is 5.91 Å². The second-order valence-electron chi connectivity index (χ2n) is 6.21. The molecule has 2 rings (SSSR count). The number of rotatable bonds is 12. The predicted octanol–water partition coefficient (Wildman–Crippen LogP) is 6.95. The number of hydrogen-bond acceptors (Lipinski definition) is 6. The van der Waals surface area contributed by atoms with Gasteiger partial charge in [-0.15, -0.1) is 10.2 Å². The van der Waals surface area contributed by atoms with Crippen LogP contribution in [0, 0.1) is 0 Å². The molecule has 0 fully saturated rings. The molecule has 1 aromatic carbocycles. The number of nitrogens with zero attached hydrogens (tertiary/aromatic N) is 2. The number of anilines is 1. The van der Waals surface area contributed by atoms with Gasteiger partial charge in [-0.2, -0.15) is 0 Å². The molecule has 1 amide bonds. The molecule has 2 aromatic rings. The van der Waals surface area contributed by atoms with Crippen molar-refractivity contribution in [2.45, 2.75) is 56.7 Å². The highest BCUT2D eigenvalue weighted by Crippen LogP contribution is 2.35. The Labute approximate surface area is 184 Å². The smallest absolute Gasteiger partial charge is 0.257 e. The standard InChI is InChI=1S/C19H25Cl2N3O2S2/c1-3-5-6-7-8-9-26-16-14(20)11-13(12-15(16)21)17(25)22-18-23-24-19(28-18)27-10-4-2/h11-12H,3-10H2,1-2H3,(H,22,23,25). The molecule has 0 spiro atoms. The zero-order chi connectivity index (χ0) is 20.4. The molecule has 1 heterocycles. The van der Waals surface area contributed by atoms with Gasteiger partial charge in [0.25, 0.3) is 5.91 Å². The Morgan fingerprint density at radius 2 is 1.82 bits per heavy atom. The number of carbonyl (C=O) groups is 1. The Balaban J connectivity index is 1.93. The third kappa shape index (κ3) is 7.43. The summed E-state index contributed by atoms with van der Waals surface area (Å²) in [7, 11) is 0. The van der Waals surface area contributed by atoms with Crippen LogP contribution in [0.25, 0.3) is 0 Å². The minimum Gasteiger partial charge on any atom is -0.490 e. The number of unbranched alkanes of at least 4 members (excludes halogenated alkanes) is 4.